The fraction of sp³-hybridized carbons (Fsp3) is 0.625. The highest BCUT2D eigenvalue weighted by Gasteiger charge is 2.16. The third-order valence-electron chi connectivity index (χ3n) is 1.95. The highest BCUT2D eigenvalue weighted by molar-refractivity contribution is 4.87. The van der Waals surface area contributed by atoms with Crippen molar-refractivity contribution >= 4 is 0 Å². The lowest BCUT2D eigenvalue weighted by atomic mass is 10.1. The fourth-order valence-corrected chi connectivity index (χ4v) is 1.11. The summed E-state index contributed by atoms with van der Waals surface area (Å²) in [5.74, 6) is 0.692. The summed E-state index contributed by atoms with van der Waals surface area (Å²) in [6, 6.07) is 0. The Kier molecular flexibility index (Phi) is 2.39. The summed E-state index contributed by atoms with van der Waals surface area (Å²) in [5, 5.41) is 3.19. The van der Waals surface area contributed by atoms with Crippen LogP contribution in [0, 0.1) is 5.92 Å². The molecule has 0 spiro atoms. The third kappa shape index (κ3) is 1.84. The number of oxazole rings is 1. The minimum atomic E-state index is 0.562. The Balaban J connectivity index is 1.62. The first-order valence-electron chi connectivity index (χ1n) is 4.10. The minimum absolute atomic E-state index is 0.562. The molecular weight excluding hydrogens is 156 g/mol. The first-order chi connectivity index (χ1) is 5.95. The number of nitrogens with one attached hydrogen (secondary N) is 1. The van der Waals surface area contributed by atoms with Crippen LogP contribution >= 0.6 is 0 Å². The summed E-state index contributed by atoms with van der Waals surface area (Å²) in [7, 11) is 0. The van der Waals surface area contributed by atoms with E-state index in [-0.39, 0.29) is 0 Å². The van der Waals surface area contributed by atoms with Gasteiger partial charge in [-0.3, -0.25) is 0 Å². The van der Waals surface area contributed by atoms with E-state index in [2.05, 4.69) is 10.3 Å². The molecule has 1 aromatic rings. The van der Waals surface area contributed by atoms with Gasteiger partial charge in [0, 0.05) is 19.0 Å². The molecule has 0 unspecified atom stereocenters. The smallest absolute Gasteiger partial charge is 0.180 e. The van der Waals surface area contributed by atoms with E-state index in [9.17, 15) is 0 Å². The van der Waals surface area contributed by atoms with Crippen LogP contribution in [-0.4, -0.2) is 24.7 Å². The zero-order valence-corrected chi connectivity index (χ0v) is 6.82. The summed E-state index contributed by atoms with van der Waals surface area (Å²) in [6.07, 6.45) is 3.03. The second-order valence-corrected chi connectivity index (χ2v) is 3.02. The van der Waals surface area contributed by atoms with Crippen LogP contribution in [0.1, 0.15) is 5.69 Å². The van der Waals surface area contributed by atoms with Crippen molar-refractivity contribution in [1.82, 2.24) is 10.3 Å². The summed E-state index contributed by atoms with van der Waals surface area (Å²) in [6.45, 7) is 3.55. The molecule has 4 heteroatoms. The molecule has 0 radical (unpaired) electrons. The largest absolute Gasteiger partial charge is 0.451 e. The van der Waals surface area contributed by atoms with Crippen molar-refractivity contribution in [3.63, 3.8) is 0 Å². The molecule has 0 bridgehead atoms. The number of rotatable bonds is 4. The SMILES string of the molecule is c1nc(COCC2CNC2)co1. The topological polar surface area (TPSA) is 47.3 Å². The van der Waals surface area contributed by atoms with E-state index >= 15 is 0 Å². The van der Waals surface area contributed by atoms with E-state index in [1.165, 1.54) is 6.39 Å². The predicted octanol–water partition coefficient (Wildman–Crippen LogP) is 0.411. The minimum Gasteiger partial charge on any atom is -0.451 e. The van der Waals surface area contributed by atoms with E-state index < -0.39 is 0 Å². The van der Waals surface area contributed by atoms with Crippen LogP contribution in [0.4, 0.5) is 0 Å². The lowest BCUT2D eigenvalue weighted by Crippen LogP contribution is -2.44. The van der Waals surface area contributed by atoms with Crippen LogP contribution in [0.25, 0.3) is 0 Å². The molecule has 1 aromatic heterocycles. The number of ether oxygens (including phenoxy) is 1. The molecule has 0 atom stereocenters. The summed E-state index contributed by atoms with van der Waals surface area (Å²) in [4.78, 5) is 3.95. The van der Waals surface area contributed by atoms with Crippen molar-refractivity contribution in [2.45, 2.75) is 6.61 Å². The maximum absolute atomic E-state index is 5.42. The van der Waals surface area contributed by atoms with Crippen LogP contribution in [0.5, 0.6) is 0 Å². The Labute approximate surface area is 70.9 Å². The van der Waals surface area contributed by atoms with Crippen molar-refractivity contribution in [1.29, 1.82) is 0 Å². The van der Waals surface area contributed by atoms with Gasteiger partial charge in [0.05, 0.1) is 13.2 Å². The molecule has 0 aromatic carbocycles. The summed E-state index contributed by atoms with van der Waals surface area (Å²) < 4.78 is 10.2. The van der Waals surface area contributed by atoms with Gasteiger partial charge in [0.25, 0.3) is 0 Å². The normalized spacial score (nSPS) is 17.7. The molecule has 0 amide bonds. The molecule has 66 valence electrons. The number of hydrogen-bond donors (Lipinski definition) is 1. The first-order valence-corrected chi connectivity index (χ1v) is 4.10. The maximum atomic E-state index is 5.42. The summed E-state index contributed by atoms with van der Waals surface area (Å²) in [5.41, 5.74) is 0.863. The first kappa shape index (κ1) is 7.76. The van der Waals surface area contributed by atoms with Crippen LogP contribution in [0.2, 0.25) is 0 Å². The lowest BCUT2D eigenvalue weighted by Gasteiger charge is -2.26. The summed E-state index contributed by atoms with van der Waals surface area (Å²) >= 11 is 0. The van der Waals surface area contributed by atoms with Gasteiger partial charge in [0.1, 0.15) is 12.0 Å². The number of aromatic nitrogens is 1. The van der Waals surface area contributed by atoms with Gasteiger partial charge in [-0.15, -0.1) is 0 Å². The van der Waals surface area contributed by atoms with Crippen LogP contribution in [-0.2, 0) is 11.3 Å². The van der Waals surface area contributed by atoms with Crippen molar-refractivity contribution in [3.8, 4) is 0 Å². The zero-order valence-electron chi connectivity index (χ0n) is 6.82. The maximum Gasteiger partial charge on any atom is 0.180 e. The zero-order chi connectivity index (χ0) is 8.23. The lowest BCUT2D eigenvalue weighted by molar-refractivity contribution is 0.0671. The molecule has 1 aliphatic heterocycles. The Morgan fingerprint density at radius 1 is 1.67 bits per heavy atom. The third-order valence-corrected chi connectivity index (χ3v) is 1.95. The fourth-order valence-electron chi connectivity index (χ4n) is 1.11. The Morgan fingerprint density at radius 3 is 3.17 bits per heavy atom. The molecule has 2 rings (SSSR count). The van der Waals surface area contributed by atoms with E-state index in [0.717, 1.165) is 25.4 Å². The van der Waals surface area contributed by atoms with Gasteiger partial charge >= 0.3 is 0 Å². The standard InChI is InChI=1S/C8H12N2O2/c1-7(2-9-1)3-11-4-8-5-12-6-10-8/h5-7,9H,1-4H2. The van der Waals surface area contributed by atoms with E-state index in [1.807, 2.05) is 0 Å². The number of hydrogen-bond acceptors (Lipinski definition) is 4. The monoisotopic (exact) mass is 168 g/mol. The number of nitrogens with zero attached hydrogens (tertiary/aromatic N) is 1. The predicted molar refractivity (Wildman–Crippen MR) is 42.5 cm³/mol. The van der Waals surface area contributed by atoms with E-state index in [4.69, 9.17) is 9.15 Å². The van der Waals surface area contributed by atoms with Crippen molar-refractivity contribution in [2.24, 2.45) is 5.92 Å². The highest BCUT2D eigenvalue weighted by Crippen LogP contribution is 2.05. The quantitative estimate of drug-likeness (QED) is 0.707. The molecule has 12 heavy (non-hydrogen) atoms. The van der Waals surface area contributed by atoms with Gasteiger partial charge in [0.2, 0.25) is 0 Å². The van der Waals surface area contributed by atoms with E-state index in [0.29, 0.717) is 12.5 Å². The van der Waals surface area contributed by atoms with Gasteiger partial charge < -0.3 is 14.5 Å². The highest BCUT2D eigenvalue weighted by atomic mass is 16.5. The molecule has 0 saturated carbocycles. The van der Waals surface area contributed by atoms with Gasteiger partial charge in [-0.05, 0) is 0 Å². The average Bonchev–Trinajstić information content (AvgIpc) is 2.46. The Hall–Kier alpha value is -0.870. The van der Waals surface area contributed by atoms with Gasteiger partial charge in [-0.2, -0.15) is 0 Å². The van der Waals surface area contributed by atoms with Gasteiger partial charge in [-0.25, -0.2) is 4.98 Å². The van der Waals surface area contributed by atoms with Crippen LogP contribution in [0.15, 0.2) is 17.1 Å². The van der Waals surface area contributed by atoms with Gasteiger partial charge in [-0.1, -0.05) is 0 Å². The Bertz CT molecular complexity index is 219. The molecule has 1 fully saturated rings. The second kappa shape index (κ2) is 3.69. The molecule has 1 saturated heterocycles. The van der Waals surface area contributed by atoms with E-state index in [1.54, 1.807) is 6.26 Å². The van der Waals surface area contributed by atoms with Crippen LogP contribution < -0.4 is 5.32 Å². The molecule has 2 heterocycles. The van der Waals surface area contributed by atoms with Gasteiger partial charge in [0.15, 0.2) is 6.39 Å². The molecule has 0 aliphatic carbocycles. The molecule has 1 aliphatic rings. The van der Waals surface area contributed by atoms with Crippen LogP contribution in [0.3, 0.4) is 0 Å². The second-order valence-electron chi connectivity index (χ2n) is 3.02. The molecule has 1 N–H and O–H groups in total. The van der Waals surface area contributed by atoms with Crippen molar-refractivity contribution in [2.75, 3.05) is 19.7 Å². The van der Waals surface area contributed by atoms with Crippen molar-refractivity contribution in [3.05, 3.63) is 18.4 Å². The average molecular weight is 168 g/mol. The molecule has 4 nitrogen and oxygen atoms in total. The Morgan fingerprint density at radius 2 is 2.58 bits per heavy atom. The van der Waals surface area contributed by atoms with Crippen molar-refractivity contribution < 1.29 is 9.15 Å². The molecular formula is C8H12N2O2.